The lowest BCUT2D eigenvalue weighted by molar-refractivity contribution is 0.0370. The van der Waals surface area contributed by atoms with Gasteiger partial charge in [-0.05, 0) is 53.5 Å². The van der Waals surface area contributed by atoms with Crippen LogP contribution in [0.1, 0.15) is 64.6 Å². The SMILES string of the molecule is CC(C)(C)OC(=O)NCCN(C1CC1)C(c1cccc(C#N)c1F)C(C)(C)F. The first kappa shape index (κ1) is 22.1. The van der Waals surface area contributed by atoms with Crippen LogP contribution in [0, 0.1) is 17.1 Å². The van der Waals surface area contributed by atoms with Crippen molar-refractivity contribution in [1.82, 2.24) is 10.2 Å². The summed E-state index contributed by atoms with van der Waals surface area (Å²) in [4.78, 5) is 13.8. The maximum absolute atomic E-state index is 15.2. The van der Waals surface area contributed by atoms with E-state index in [1.54, 1.807) is 26.8 Å². The third-order valence-corrected chi connectivity index (χ3v) is 4.48. The van der Waals surface area contributed by atoms with Gasteiger partial charge in [-0.25, -0.2) is 13.6 Å². The molecule has 0 saturated heterocycles. The van der Waals surface area contributed by atoms with Crippen LogP contribution in [0.2, 0.25) is 0 Å². The lowest BCUT2D eigenvalue weighted by atomic mass is 9.90. The number of nitrogens with one attached hydrogen (secondary N) is 1. The van der Waals surface area contributed by atoms with Crippen molar-refractivity contribution in [2.24, 2.45) is 0 Å². The second-order valence-electron chi connectivity index (χ2n) is 8.69. The lowest BCUT2D eigenvalue weighted by Crippen LogP contribution is -2.45. The van der Waals surface area contributed by atoms with Crippen molar-refractivity contribution >= 4 is 6.09 Å². The summed E-state index contributed by atoms with van der Waals surface area (Å²) in [6.45, 7) is 8.73. The summed E-state index contributed by atoms with van der Waals surface area (Å²) in [5.41, 5.74) is -2.29. The fourth-order valence-electron chi connectivity index (χ4n) is 3.32. The number of rotatable bonds is 7. The second kappa shape index (κ2) is 8.44. The molecule has 1 amide bonds. The van der Waals surface area contributed by atoms with Gasteiger partial charge in [0.1, 0.15) is 23.2 Å². The Bertz CT molecular complexity index is 743. The highest BCUT2D eigenvalue weighted by molar-refractivity contribution is 5.67. The highest BCUT2D eigenvalue weighted by Gasteiger charge is 2.43. The highest BCUT2D eigenvalue weighted by Crippen LogP contribution is 2.42. The summed E-state index contributed by atoms with van der Waals surface area (Å²) < 4.78 is 35.2. The molecule has 2 rings (SSSR count). The van der Waals surface area contributed by atoms with Gasteiger partial charge in [0, 0.05) is 24.7 Å². The van der Waals surface area contributed by atoms with Crippen LogP contribution in [0.15, 0.2) is 18.2 Å². The van der Waals surface area contributed by atoms with E-state index in [4.69, 9.17) is 10.00 Å². The van der Waals surface area contributed by atoms with Crippen LogP contribution in [0.3, 0.4) is 0 Å². The van der Waals surface area contributed by atoms with Gasteiger partial charge >= 0.3 is 6.09 Å². The average molecular weight is 393 g/mol. The summed E-state index contributed by atoms with van der Waals surface area (Å²) in [6.07, 6.45) is 1.23. The Hall–Kier alpha value is -2.20. The first-order valence-corrected chi connectivity index (χ1v) is 9.54. The van der Waals surface area contributed by atoms with E-state index in [9.17, 15) is 9.18 Å². The van der Waals surface area contributed by atoms with E-state index in [1.165, 1.54) is 26.0 Å². The fourth-order valence-corrected chi connectivity index (χ4v) is 3.32. The van der Waals surface area contributed by atoms with Gasteiger partial charge < -0.3 is 10.1 Å². The predicted octanol–water partition coefficient (Wildman–Crippen LogP) is 4.48. The number of alkyl carbamates (subject to hydrolysis) is 1. The molecule has 0 heterocycles. The maximum atomic E-state index is 15.2. The van der Waals surface area contributed by atoms with E-state index in [0.29, 0.717) is 6.54 Å². The van der Waals surface area contributed by atoms with Gasteiger partial charge in [0.05, 0.1) is 11.6 Å². The van der Waals surface area contributed by atoms with E-state index in [0.717, 1.165) is 12.8 Å². The molecule has 0 bridgehead atoms. The van der Waals surface area contributed by atoms with Crippen molar-refractivity contribution in [3.05, 3.63) is 35.1 Å². The second-order valence-corrected chi connectivity index (χ2v) is 8.69. The largest absolute Gasteiger partial charge is 0.444 e. The number of halogens is 2. The van der Waals surface area contributed by atoms with Gasteiger partial charge in [0.25, 0.3) is 0 Å². The molecule has 5 nitrogen and oxygen atoms in total. The van der Waals surface area contributed by atoms with E-state index >= 15 is 4.39 Å². The molecule has 28 heavy (non-hydrogen) atoms. The molecule has 1 atom stereocenters. The molecule has 1 fully saturated rings. The number of nitriles is 1. The molecule has 1 aromatic rings. The van der Waals surface area contributed by atoms with Crippen LogP contribution in [0.5, 0.6) is 0 Å². The third-order valence-electron chi connectivity index (χ3n) is 4.48. The number of benzene rings is 1. The maximum Gasteiger partial charge on any atom is 0.407 e. The minimum absolute atomic E-state index is 0.102. The Morgan fingerprint density at radius 1 is 1.36 bits per heavy atom. The predicted molar refractivity (Wildman–Crippen MR) is 103 cm³/mol. The molecule has 1 saturated carbocycles. The molecule has 0 aliphatic heterocycles. The Kier molecular flexibility index (Phi) is 6.66. The molecular weight excluding hydrogens is 364 g/mol. The number of carbonyl (C=O) groups is 1. The van der Waals surface area contributed by atoms with Crippen molar-refractivity contribution in [2.75, 3.05) is 13.1 Å². The van der Waals surface area contributed by atoms with Crippen LogP contribution in [0.4, 0.5) is 13.6 Å². The molecule has 1 aromatic carbocycles. The topological polar surface area (TPSA) is 65.4 Å². The Labute approximate surface area is 165 Å². The first-order valence-electron chi connectivity index (χ1n) is 9.54. The Morgan fingerprint density at radius 3 is 2.50 bits per heavy atom. The van der Waals surface area contributed by atoms with Crippen LogP contribution < -0.4 is 5.32 Å². The standard InChI is InChI=1S/C21H29F2N3O2/c1-20(2,3)28-19(27)25-11-12-26(15-9-10-15)18(21(4,5)23)16-8-6-7-14(13-24)17(16)22/h6-8,15,18H,9-12H2,1-5H3,(H,25,27). The van der Waals surface area contributed by atoms with Gasteiger partial charge in [0.15, 0.2) is 0 Å². The number of carbonyl (C=O) groups excluding carboxylic acids is 1. The number of nitrogens with zero attached hydrogens (tertiary/aromatic N) is 2. The zero-order valence-corrected chi connectivity index (χ0v) is 17.2. The van der Waals surface area contributed by atoms with Crippen molar-refractivity contribution in [1.29, 1.82) is 5.26 Å². The van der Waals surface area contributed by atoms with Crippen LogP contribution >= 0.6 is 0 Å². The number of alkyl halides is 1. The van der Waals surface area contributed by atoms with Crippen molar-refractivity contribution < 1.29 is 18.3 Å². The zero-order chi connectivity index (χ0) is 21.1. The quantitative estimate of drug-likeness (QED) is 0.742. The van der Waals surface area contributed by atoms with Crippen LogP contribution in [-0.2, 0) is 4.74 Å². The molecule has 154 valence electrons. The molecule has 0 aromatic heterocycles. The van der Waals surface area contributed by atoms with Gasteiger partial charge in [-0.2, -0.15) is 5.26 Å². The molecule has 1 aliphatic carbocycles. The van der Waals surface area contributed by atoms with Crippen molar-refractivity contribution in [2.45, 2.75) is 70.8 Å². The Morgan fingerprint density at radius 2 is 2.00 bits per heavy atom. The molecule has 1 N–H and O–H groups in total. The summed E-state index contributed by atoms with van der Waals surface area (Å²) in [7, 11) is 0. The van der Waals surface area contributed by atoms with Crippen LogP contribution in [-0.4, -0.2) is 41.4 Å². The molecule has 7 heteroatoms. The van der Waals surface area contributed by atoms with E-state index in [-0.39, 0.29) is 23.7 Å². The summed E-state index contributed by atoms with van der Waals surface area (Å²) in [5.74, 6) is -0.688. The monoisotopic (exact) mass is 393 g/mol. The Balaban J connectivity index is 2.21. The minimum Gasteiger partial charge on any atom is -0.444 e. The fraction of sp³-hybridized carbons (Fsp3) is 0.619. The third kappa shape index (κ3) is 5.90. The van der Waals surface area contributed by atoms with Gasteiger partial charge in [-0.3, -0.25) is 4.90 Å². The molecular formula is C21H29F2N3O2. The number of hydrogen-bond donors (Lipinski definition) is 1. The summed E-state index contributed by atoms with van der Waals surface area (Å²) in [5, 5.41) is 11.8. The average Bonchev–Trinajstić information content (AvgIpc) is 3.37. The molecule has 1 aliphatic rings. The van der Waals surface area contributed by atoms with Gasteiger partial charge in [-0.1, -0.05) is 12.1 Å². The van der Waals surface area contributed by atoms with Gasteiger partial charge in [-0.15, -0.1) is 0 Å². The van der Waals surface area contributed by atoms with E-state index in [2.05, 4.69) is 5.32 Å². The molecule has 0 spiro atoms. The first-order chi connectivity index (χ1) is 12.9. The summed E-state index contributed by atoms with van der Waals surface area (Å²) in [6, 6.07) is 5.54. The van der Waals surface area contributed by atoms with Gasteiger partial charge in [0.2, 0.25) is 0 Å². The number of hydrogen-bond acceptors (Lipinski definition) is 4. The zero-order valence-electron chi connectivity index (χ0n) is 17.2. The highest BCUT2D eigenvalue weighted by atomic mass is 19.1. The number of ether oxygens (including phenoxy) is 1. The van der Waals surface area contributed by atoms with Crippen LogP contribution in [0.25, 0.3) is 0 Å². The molecule has 0 radical (unpaired) electrons. The van der Waals surface area contributed by atoms with Crippen molar-refractivity contribution in [3.63, 3.8) is 0 Å². The van der Waals surface area contributed by atoms with Crippen molar-refractivity contribution in [3.8, 4) is 6.07 Å². The smallest absolute Gasteiger partial charge is 0.407 e. The minimum atomic E-state index is -1.75. The number of amides is 1. The summed E-state index contributed by atoms with van der Waals surface area (Å²) >= 11 is 0. The lowest BCUT2D eigenvalue weighted by Gasteiger charge is -2.38. The van der Waals surface area contributed by atoms with E-state index < -0.39 is 29.2 Å². The molecule has 1 unspecified atom stereocenters. The normalized spacial score (nSPS) is 15.8. The van der Waals surface area contributed by atoms with E-state index in [1.807, 2.05) is 11.0 Å².